The second kappa shape index (κ2) is 6.15. The van der Waals surface area contributed by atoms with Crippen molar-refractivity contribution in [2.45, 2.75) is 11.4 Å². The van der Waals surface area contributed by atoms with E-state index in [0.717, 1.165) is 17.1 Å². The predicted molar refractivity (Wildman–Crippen MR) is 62.6 cm³/mol. The van der Waals surface area contributed by atoms with Crippen LogP contribution in [-0.2, 0) is 21.4 Å². The Morgan fingerprint density at radius 3 is 2.68 bits per heavy atom. The molecule has 1 heterocycles. The summed E-state index contributed by atoms with van der Waals surface area (Å²) in [6, 6.07) is -0.756. The number of nitrogens with zero attached hydrogens (tertiary/aromatic N) is 2. The molecule has 0 aliphatic rings. The van der Waals surface area contributed by atoms with Gasteiger partial charge in [-0.2, -0.15) is 5.10 Å². The van der Waals surface area contributed by atoms with Crippen molar-refractivity contribution in [2.75, 3.05) is 13.1 Å². The Bertz CT molecular complexity index is 566. The first-order valence-electron chi connectivity index (χ1n) is 5.08. The van der Waals surface area contributed by atoms with Crippen LogP contribution < -0.4 is 15.8 Å². The van der Waals surface area contributed by atoms with E-state index in [2.05, 4.69) is 15.1 Å². The molecule has 1 rings (SSSR count). The van der Waals surface area contributed by atoms with Crippen LogP contribution in [-0.4, -0.2) is 48.4 Å². The molecule has 0 radical (unpaired) electrons. The van der Waals surface area contributed by atoms with Gasteiger partial charge in [-0.3, -0.25) is 9.48 Å². The normalized spacial score (nSPS) is 11.2. The Hall–Kier alpha value is -2.14. The molecule has 0 aliphatic heterocycles. The highest BCUT2D eigenvalue weighted by Gasteiger charge is 2.16. The van der Waals surface area contributed by atoms with E-state index in [1.165, 1.54) is 0 Å². The van der Waals surface area contributed by atoms with E-state index in [1.54, 1.807) is 0 Å². The lowest BCUT2D eigenvalue weighted by Gasteiger charge is -2.04. The Balaban J connectivity index is 2.59. The molecular formula is C8H13N5O5S. The molecule has 0 saturated heterocycles. The van der Waals surface area contributed by atoms with Crippen LogP contribution in [0.25, 0.3) is 0 Å². The van der Waals surface area contributed by atoms with Gasteiger partial charge in [0.1, 0.15) is 11.4 Å². The van der Waals surface area contributed by atoms with Crippen LogP contribution in [0.15, 0.2) is 17.3 Å². The summed E-state index contributed by atoms with van der Waals surface area (Å²) in [7, 11) is -3.79. The summed E-state index contributed by atoms with van der Waals surface area (Å²) in [6.07, 6.45) is 2.13. The molecule has 106 valence electrons. The number of nitrogens with one attached hydrogen (secondary N) is 2. The number of rotatable bonds is 7. The number of aliphatic carboxylic acids is 1. The molecule has 0 bridgehead atoms. The highest BCUT2D eigenvalue weighted by Crippen LogP contribution is 2.06. The van der Waals surface area contributed by atoms with E-state index in [1.807, 2.05) is 0 Å². The molecule has 0 saturated carbocycles. The maximum Gasteiger partial charge on any atom is 0.325 e. The Kier molecular flexibility index (Phi) is 4.83. The molecule has 19 heavy (non-hydrogen) atoms. The van der Waals surface area contributed by atoms with E-state index >= 15 is 0 Å². The fourth-order valence-electron chi connectivity index (χ4n) is 1.16. The van der Waals surface area contributed by atoms with E-state index in [4.69, 9.17) is 10.8 Å². The Morgan fingerprint density at radius 2 is 2.11 bits per heavy atom. The number of amides is 2. The van der Waals surface area contributed by atoms with Gasteiger partial charge in [-0.15, -0.1) is 0 Å². The molecule has 0 aromatic carbocycles. The summed E-state index contributed by atoms with van der Waals surface area (Å²) in [5.74, 6) is -1.13. The van der Waals surface area contributed by atoms with Crippen molar-refractivity contribution in [2.24, 2.45) is 5.73 Å². The number of urea groups is 1. The molecule has 1 aromatic rings. The number of primary amides is 1. The lowest BCUT2D eigenvalue weighted by atomic mass is 10.6. The molecule has 2 amide bonds. The molecule has 0 unspecified atom stereocenters. The average Bonchev–Trinajstić information content (AvgIpc) is 2.72. The molecule has 5 N–H and O–H groups in total. The minimum Gasteiger partial charge on any atom is -0.480 e. The van der Waals surface area contributed by atoms with Gasteiger partial charge in [0.15, 0.2) is 0 Å². The number of carboxylic acids is 1. The molecular weight excluding hydrogens is 278 g/mol. The summed E-state index contributed by atoms with van der Waals surface area (Å²) in [6.45, 7) is -0.439. The fraction of sp³-hybridized carbons (Fsp3) is 0.375. The quantitative estimate of drug-likeness (QED) is 0.422. The van der Waals surface area contributed by atoms with Gasteiger partial charge >= 0.3 is 12.0 Å². The summed E-state index contributed by atoms with van der Waals surface area (Å²) in [5.41, 5.74) is 4.81. The molecule has 1 aromatic heterocycles. The predicted octanol–water partition coefficient (Wildman–Crippen LogP) is -2.09. The zero-order chi connectivity index (χ0) is 14.5. The van der Waals surface area contributed by atoms with Crippen molar-refractivity contribution in [1.82, 2.24) is 19.8 Å². The third-order valence-corrected chi connectivity index (χ3v) is 3.35. The number of sulfonamides is 1. The van der Waals surface area contributed by atoms with Crippen LogP contribution in [0.2, 0.25) is 0 Å². The van der Waals surface area contributed by atoms with Gasteiger partial charge in [0, 0.05) is 19.3 Å². The maximum atomic E-state index is 11.7. The van der Waals surface area contributed by atoms with Gasteiger partial charge in [0.05, 0.1) is 6.20 Å². The van der Waals surface area contributed by atoms with Crippen molar-refractivity contribution in [3.8, 4) is 0 Å². The third kappa shape index (κ3) is 4.93. The van der Waals surface area contributed by atoms with Crippen molar-refractivity contribution in [1.29, 1.82) is 0 Å². The van der Waals surface area contributed by atoms with E-state index in [-0.39, 0.29) is 18.0 Å². The Labute approximate surface area is 108 Å². The summed E-state index contributed by atoms with van der Waals surface area (Å²) >= 11 is 0. The third-order valence-electron chi connectivity index (χ3n) is 1.93. The van der Waals surface area contributed by atoms with Gasteiger partial charge < -0.3 is 16.2 Å². The maximum absolute atomic E-state index is 11.7. The Morgan fingerprint density at radius 1 is 1.42 bits per heavy atom. The lowest BCUT2D eigenvalue weighted by Crippen LogP contribution is -2.37. The number of carboxylic acid groups (broad SMARTS) is 1. The molecule has 10 nitrogen and oxygen atoms in total. The van der Waals surface area contributed by atoms with E-state index in [9.17, 15) is 18.0 Å². The zero-order valence-corrected chi connectivity index (χ0v) is 10.6. The zero-order valence-electron chi connectivity index (χ0n) is 9.74. The summed E-state index contributed by atoms with van der Waals surface area (Å²) in [5, 5.41) is 14.3. The summed E-state index contributed by atoms with van der Waals surface area (Å²) in [4.78, 5) is 20.6. The summed E-state index contributed by atoms with van der Waals surface area (Å²) < 4.78 is 26.6. The fourth-order valence-corrected chi connectivity index (χ4v) is 2.15. The minimum atomic E-state index is -3.79. The highest BCUT2D eigenvalue weighted by atomic mass is 32.2. The number of aromatic nitrogens is 2. The van der Waals surface area contributed by atoms with Crippen LogP contribution in [0.4, 0.5) is 4.79 Å². The van der Waals surface area contributed by atoms with Crippen molar-refractivity contribution in [3.63, 3.8) is 0 Å². The minimum absolute atomic E-state index is 0.0395. The number of carbonyl (C=O) groups is 2. The molecule has 0 fully saturated rings. The topological polar surface area (TPSA) is 156 Å². The average molecular weight is 291 g/mol. The lowest BCUT2D eigenvalue weighted by molar-refractivity contribution is -0.137. The van der Waals surface area contributed by atoms with Gasteiger partial charge in [0.2, 0.25) is 10.0 Å². The van der Waals surface area contributed by atoms with Crippen molar-refractivity contribution < 1.29 is 23.1 Å². The SMILES string of the molecule is NC(=O)NCCNS(=O)(=O)c1cnn(CC(=O)O)c1. The van der Waals surface area contributed by atoms with E-state index in [0.29, 0.717) is 0 Å². The second-order valence-corrected chi connectivity index (χ2v) is 5.22. The van der Waals surface area contributed by atoms with Crippen molar-refractivity contribution >= 4 is 22.0 Å². The van der Waals surface area contributed by atoms with Crippen LogP contribution >= 0.6 is 0 Å². The van der Waals surface area contributed by atoms with Gasteiger partial charge in [-0.05, 0) is 0 Å². The van der Waals surface area contributed by atoms with Crippen LogP contribution in [0.1, 0.15) is 0 Å². The van der Waals surface area contributed by atoms with E-state index < -0.39 is 28.6 Å². The first-order chi connectivity index (χ1) is 8.81. The molecule has 0 spiro atoms. The number of carbonyl (C=O) groups excluding carboxylic acids is 1. The van der Waals surface area contributed by atoms with Gasteiger partial charge in [0.25, 0.3) is 0 Å². The largest absolute Gasteiger partial charge is 0.480 e. The second-order valence-electron chi connectivity index (χ2n) is 3.46. The van der Waals surface area contributed by atoms with Crippen LogP contribution in [0, 0.1) is 0 Å². The first-order valence-corrected chi connectivity index (χ1v) is 6.57. The number of hydrogen-bond donors (Lipinski definition) is 4. The number of nitrogens with two attached hydrogens (primary N) is 1. The van der Waals surface area contributed by atoms with Crippen LogP contribution in [0.5, 0.6) is 0 Å². The van der Waals surface area contributed by atoms with Gasteiger partial charge in [-0.1, -0.05) is 0 Å². The van der Waals surface area contributed by atoms with Crippen molar-refractivity contribution in [3.05, 3.63) is 12.4 Å². The smallest absolute Gasteiger partial charge is 0.325 e. The first kappa shape index (κ1) is 14.9. The molecule has 0 aliphatic carbocycles. The van der Waals surface area contributed by atoms with Crippen LogP contribution in [0.3, 0.4) is 0 Å². The number of hydrogen-bond acceptors (Lipinski definition) is 5. The monoisotopic (exact) mass is 291 g/mol. The highest BCUT2D eigenvalue weighted by molar-refractivity contribution is 7.89. The molecule has 11 heteroatoms. The molecule has 0 atom stereocenters. The standard InChI is InChI=1S/C8H13N5O5S/c9-8(16)10-1-2-12-19(17,18)6-3-11-13(4-6)5-7(14)15/h3-4,12H,1-2,5H2,(H,14,15)(H3,9,10,16). The van der Waals surface area contributed by atoms with Gasteiger partial charge in [-0.25, -0.2) is 17.9 Å².